The van der Waals surface area contributed by atoms with Gasteiger partial charge in [-0.1, -0.05) is 110 Å². The maximum atomic E-state index is 12.8. The number of hydrogen-bond donors (Lipinski definition) is 4. The van der Waals surface area contributed by atoms with Crippen LogP contribution in [0.5, 0.6) is 0 Å². The number of cyclic esters (lactones) is 4. The van der Waals surface area contributed by atoms with Gasteiger partial charge in [0.25, 0.3) is 0 Å². The minimum atomic E-state index is -0.562. The first kappa shape index (κ1) is 103. The van der Waals surface area contributed by atoms with E-state index in [0.29, 0.717) is 64.6 Å². The zero-order valence-electron chi connectivity index (χ0n) is 72.6. The summed E-state index contributed by atoms with van der Waals surface area (Å²) < 4.78 is 41.8. The van der Waals surface area contributed by atoms with E-state index in [1.165, 1.54) is 38.2 Å². The predicted molar refractivity (Wildman–Crippen MR) is 476 cm³/mol. The quantitative estimate of drug-likeness (QED) is 0.00961. The summed E-state index contributed by atoms with van der Waals surface area (Å²) in [4.78, 5) is 143. The molecule has 9 amide bonds. The van der Waals surface area contributed by atoms with Gasteiger partial charge < -0.3 is 78.0 Å². The maximum absolute atomic E-state index is 12.8. The largest absolute Gasteiger partial charge is 0.444 e. The fraction of sp³-hybridized carbons (Fsp3) is 0.407. The Kier molecular flexibility index (Phi) is 42.3. The first-order chi connectivity index (χ1) is 59.6. The first-order valence-electron chi connectivity index (χ1n) is 41.6. The molecule has 0 bridgehead atoms. The Morgan fingerprint density at radius 3 is 1.09 bits per heavy atom. The van der Waals surface area contributed by atoms with Crippen LogP contribution in [-0.2, 0) is 123 Å². The molecule has 9 N–H and O–H groups in total. The van der Waals surface area contributed by atoms with Crippen LogP contribution < -0.4 is 56.0 Å². The second-order valence-electron chi connectivity index (χ2n) is 29.7. The average molecular weight is 1850 g/mol. The van der Waals surface area contributed by atoms with Crippen molar-refractivity contribution in [3.63, 3.8) is 0 Å². The van der Waals surface area contributed by atoms with Crippen molar-refractivity contribution in [2.75, 3.05) is 118 Å². The van der Waals surface area contributed by atoms with Crippen LogP contribution in [0.25, 0.3) is 10.4 Å². The van der Waals surface area contributed by atoms with Gasteiger partial charge in [0.1, 0.15) is 44.2 Å². The number of esters is 2. The SMILES string of the molecule is CC.CC(=O)NC[C@H]1CN(c2ccc3c(c2)CCCCN3)C(=O)O1.CC(=O)NC[C@H]1CN(c2ccc3c(c2)CCCCN3C(=O)OCc2ccccc2)C(=O)O1.CC(=O)OC(C)=O.NC[C@H]1CN(c2ccc3c(c2)CCCCN3C(=O)OCc2ccccc2)C(=O)O1.O.O.[CH3-].[N-]=[N+]=NC[C@H]1CN(c2ccc3c(c2)CCCCN3C(=O)OCc2ccccc2)C(=O)O1.[Pd]. The standard InChI is InChI=1S/C24H27N3O5.C22H23N5O4.C22H25N3O4.C16H21N3O3.C4H6O3.C2H6.CH3.2H2O.Pd/c1-17(28)25-14-21-15-27(24(30)32-21)20-10-11-22-19(13-20)9-5-6-12-26(22)23(29)31-16-18-7-3-2-4-8-18;23-25-24-13-19-14-27(22(29)31-19)18-9-10-20-17(12-18)8-4-5-11-26(20)21(28)30-15-16-6-2-1-3-7-16;23-13-19-14-25(22(27)29-19)18-9-10-20-17(12-18)8-4-5-11-24(20)21(26)28-15-16-6-2-1-3-7-16;1-11(20)18-9-14-10-19(16(21)22-14)13-5-6-15-12(8-13)4-2-3-7-17-15;1-3(5)7-4(2)6;1-2;;;;/h2-4,7-8,10-11,13,21H,5-6,9,12,14-16H2,1H3,(H,25,28);1-3,6-7,9-10,12,19H,4-5,8,11,13-15H2;1-3,6-7,9-10,12,19H,4-5,8,11,13-15,23H2;5-6,8,14,17H,2-4,7,9-10H2,1H3,(H,18,20);1-2H3;1-2H3;1H3;2*1H2;/q;;;;;;-1;;;/t21-;2*19-;14-;;;;;;/m0000....../s1. The van der Waals surface area contributed by atoms with Gasteiger partial charge >= 0.3 is 54.6 Å². The van der Waals surface area contributed by atoms with Gasteiger partial charge in [0.2, 0.25) is 11.8 Å². The van der Waals surface area contributed by atoms with E-state index in [1.54, 1.807) is 35.5 Å². The zero-order valence-corrected chi connectivity index (χ0v) is 74.2. The topological polar surface area (TPSA) is 458 Å². The van der Waals surface area contributed by atoms with Gasteiger partial charge in [-0.05, 0) is 194 Å². The molecule has 8 aliphatic heterocycles. The molecule has 8 heterocycles. The van der Waals surface area contributed by atoms with Crippen molar-refractivity contribution < 1.29 is 122 Å². The molecule has 0 radical (unpaired) electrons. The number of rotatable bonds is 17. The Morgan fingerprint density at radius 2 is 0.764 bits per heavy atom. The normalized spacial score (nSPS) is 17.2. The van der Waals surface area contributed by atoms with Gasteiger partial charge in [-0.3, -0.25) is 53.5 Å². The van der Waals surface area contributed by atoms with E-state index in [4.69, 9.17) is 44.4 Å². The summed E-state index contributed by atoms with van der Waals surface area (Å²) in [7, 11) is 0. The van der Waals surface area contributed by atoms with E-state index in [9.17, 15) is 52.7 Å². The molecular formula is C91H115N14O21Pd-. The molecule has 0 aliphatic carbocycles. The summed E-state index contributed by atoms with van der Waals surface area (Å²) in [6.07, 6.45) is 7.07. The molecule has 127 heavy (non-hydrogen) atoms. The van der Waals surface area contributed by atoms with Crippen molar-refractivity contribution in [2.24, 2.45) is 10.8 Å². The Balaban J connectivity index is 0.000000252. The van der Waals surface area contributed by atoms with Gasteiger partial charge in [-0.2, -0.15) is 0 Å². The molecule has 4 saturated heterocycles. The minimum Gasteiger partial charge on any atom is -0.444 e. The monoisotopic (exact) mass is 1850 g/mol. The number of aryl methyl sites for hydroxylation is 4. The van der Waals surface area contributed by atoms with Gasteiger partial charge in [0, 0.05) is 114 Å². The fourth-order valence-electron chi connectivity index (χ4n) is 14.7. The number of carbonyl (C=O) groups excluding carboxylic acids is 11. The summed E-state index contributed by atoms with van der Waals surface area (Å²) in [5.41, 5.74) is 27.8. The molecule has 0 saturated carbocycles. The average Bonchev–Trinajstić information content (AvgIpc) is 1.72. The zero-order chi connectivity index (χ0) is 87.7. The summed E-state index contributed by atoms with van der Waals surface area (Å²) in [6.45, 7) is 15.3. The number of benzene rings is 7. The van der Waals surface area contributed by atoms with Crippen molar-refractivity contribution >= 4 is 112 Å². The molecule has 0 spiro atoms. The van der Waals surface area contributed by atoms with Gasteiger partial charge in [-0.25, -0.2) is 33.6 Å². The summed E-state index contributed by atoms with van der Waals surface area (Å²) in [5.74, 6) is -1.41. The van der Waals surface area contributed by atoms with Gasteiger partial charge in [0.05, 0.1) is 62.9 Å². The molecule has 0 aromatic heterocycles. The van der Waals surface area contributed by atoms with Crippen LogP contribution in [0.15, 0.2) is 169 Å². The number of nitrogens with zero attached hydrogens (tertiary/aromatic N) is 10. The molecule has 4 atom stereocenters. The molecule has 7 aromatic rings. The first-order valence-corrected chi connectivity index (χ1v) is 41.6. The van der Waals surface area contributed by atoms with E-state index in [2.05, 4.69) is 36.8 Å². The third-order valence-electron chi connectivity index (χ3n) is 20.6. The van der Waals surface area contributed by atoms with Crippen molar-refractivity contribution in [3.05, 3.63) is 221 Å². The number of amides is 9. The molecule has 8 aliphatic rings. The van der Waals surface area contributed by atoms with Crippen molar-refractivity contribution in [1.82, 2.24) is 10.6 Å². The van der Waals surface area contributed by atoms with E-state index >= 15 is 0 Å². The van der Waals surface area contributed by atoms with Crippen LogP contribution >= 0.6 is 0 Å². The number of carbonyl (C=O) groups is 11. The van der Waals surface area contributed by atoms with Crippen LogP contribution in [-0.4, -0.2) is 180 Å². The fourth-order valence-corrected chi connectivity index (χ4v) is 14.7. The number of fused-ring (bicyclic) bond motifs is 4. The van der Waals surface area contributed by atoms with Crippen LogP contribution in [0.1, 0.15) is 132 Å². The Morgan fingerprint density at radius 1 is 0.449 bits per heavy atom. The number of nitrogens with one attached hydrogen (secondary N) is 3. The molecule has 35 nitrogen and oxygen atoms in total. The third kappa shape index (κ3) is 30.2. The predicted octanol–water partition coefficient (Wildman–Crippen LogP) is 13.7. The van der Waals surface area contributed by atoms with Crippen molar-refractivity contribution in [2.45, 2.75) is 163 Å². The van der Waals surface area contributed by atoms with Crippen LogP contribution in [0.3, 0.4) is 0 Å². The van der Waals surface area contributed by atoms with Crippen molar-refractivity contribution in [3.8, 4) is 0 Å². The Bertz CT molecular complexity index is 4870. The molecule has 4 fully saturated rings. The van der Waals surface area contributed by atoms with Gasteiger partial charge in [-0.15, -0.1) is 0 Å². The molecule has 15 rings (SSSR count). The van der Waals surface area contributed by atoms with Gasteiger partial charge in [0.15, 0.2) is 0 Å². The molecule has 7 aromatic carbocycles. The van der Waals surface area contributed by atoms with Crippen molar-refractivity contribution in [1.29, 1.82) is 0 Å². The smallest absolute Gasteiger partial charge is 0.414 e. The maximum Gasteiger partial charge on any atom is 0.414 e. The second kappa shape index (κ2) is 52.2. The summed E-state index contributed by atoms with van der Waals surface area (Å²) >= 11 is 0. The minimum absolute atomic E-state index is 0. The Labute approximate surface area is 753 Å². The number of anilines is 8. The van der Waals surface area contributed by atoms with Crippen LogP contribution in [0.2, 0.25) is 0 Å². The van der Waals surface area contributed by atoms with E-state index < -0.39 is 36.3 Å². The van der Waals surface area contributed by atoms with E-state index in [1.807, 2.05) is 166 Å². The summed E-state index contributed by atoms with van der Waals surface area (Å²) in [6, 6.07) is 51.8. The molecule has 36 heteroatoms. The third-order valence-corrected chi connectivity index (χ3v) is 20.6. The number of azide groups is 1. The summed E-state index contributed by atoms with van der Waals surface area (Å²) in [5, 5.41) is 12.3. The second-order valence-corrected chi connectivity index (χ2v) is 29.7. The molecule has 0 unspecified atom stereocenters. The number of hydrogen-bond acceptors (Lipinski definition) is 22. The number of nitrogens with two attached hydrogens (primary N) is 1. The van der Waals surface area contributed by atoms with E-state index in [-0.39, 0.29) is 126 Å². The van der Waals surface area contributed by atoms with Crippen LogP contribution in [0.4, 0.5) is 79.1 Å². The molecule has 686 valence electrons. The van der Waals surface area contributed by atoms with Crippen LogP contribution in [0, 0.1) is 7.43 Å². The van der Waals surface area contributed by atoms with E-state index in [0.717, 1.165) is 157 Å². The molecular weight excluding hydrogens is 1730 g/mol. The Hall–Kier alpha value is -12.8. The number of ether oxygens (including phenoxy) is 8.